The normalized spacial score (nSPS) is 19.2. The van der Waals surface area contributed by atoms with E-state index in [1.807, 2.05) is 6.92 Å². The smallest absolute Gasteiger partial charge is 0.310 e. The highest BCUT2D eigenvalue weighted by molar-refractivity contribution is 5.83. The molecule has 1 unspecified atom stereocenters. The van der Waals surface area contributed by atoms with Crippen molar-refractivity contribution >= 4 is 23.0 Å². The minimum atomic E-state index is -0.118. The maximum atomic E-state index is 11.9. The predicted octanol–water partition coefficient (Wildman–Crippen LogP) is 1.13. The number of hydrogen-bond donors (Lipinski definition) is 1. The van der Waals surface area contributed by atoms with Gasteiger partial charge in [0.25, 0.3) is 0 Å². The molecule has 7 heteroatoms. The Morgan fingerprint density at radius 2 is 2.40 bits per heavy atom. The molecule has 2 aromatic heterocycles. The minimum absolute atomic E-state index is 0.0864. The number of imidazole rings is 1. The fourth-order valence-corrected chi connectivity index (χ4v) is 2.61. The van der Waals surface area contributed by atoms with E-state index in [9.17, 15) is 4.79 Å². The zero-order valence-electron chi connectivity index (χ0n) is 11.4. The van der Waals surface area contributed by atoms with E-state index in [2.05, 4.69) is 24.8 Å². The summed E-state index contributed by atoms with van der Waals surface area (Å²) in [4.78, 5) is 29.6. The SMILES string of the molecule is CCOC(=O)C1CCCN(c2ncnc3nc[nH]c23)C1. The molecule has 3 heterocycles. The van der Waals surface area contributed by atoms with E-state index >= 15 is 0 Å². The molecule has 20 heavy (non-hydrogen) atoms. The van der Waals surface area contributed by atoms with Crippen LogP contribution in [0.4, 0.5) is 5.82 Å². The molecular weight excluding hydrogens is 258 g/mol. The summed E-state index contributed by atoms with van der Waals surface area (Å²) in [6.45, 7) is 3.76. The van der Waals surface area contributed by atoms with Crippen molar-refractivity contribution in [2.24, 2.45) is 5.92 Å². The molecule has 1 N–H and O–H groups in total. The maximum Gasteiger partial charge on any atom is 0.310 e. The lowest BCUT2D eigenvalue weighted by molar-refractivity contribution is -0.148. The van der Waals surface area contributed by atoms with Gasteiger partial charge in [-0.2, -0.15) is 0 Å². The van der Waals surface area contributed by atoms with E-state index in [1.165, 1.54) is 6.33 Å². The molecular formula is C13H17N5O2. The van der Waals surface area contributed by atoms with Gasteiger partial charge in [-0.25, -0.2) is 15.0 Å². The molecule has 0 saturated carbocycles. The van der Waals surface area contributed by atoms with Gasteiger partial charge in [0, 0.05) is 13.1 Å². The van der Waals surface area contributed by atoms with E-state index < -0.39 is 0 Å². The number of H-pyrrole nitrogens is 1. The van der Waals surface area contributed by atoms with Crippen molar-refractivity contribution in [2.75, 3.05) is 24.6 Å². The largest absolute Gasteiger partial charge is 0.466 e. The zero-order valence-corrected chi connectivity index (χ0v) is 11.4. The average Bonchev–Trinajstić information content (AvgIpc) is 2.96. The molecule has 7 nitrogen and oxygen atoms in total. The fourth-order valence-electron chi connectivity index (χ4n) is 2.61. The van der Waals surface area contributed by atoms with Crippen LogP contribution in [0, 0.1) is 5.92 Å². The van der Waals surface area contributed by atoms with Crippen LogP contribution in [0.2, 0.25) is 0 Å². The summed E-state index contributed by atoms with van der Waals surface area (Å²) in [5, 5.41) is 0. The van der Waals surface area contributed by atoms with Crippen LogP contribution >= 0.6 is 0 Å². The minimum Gasteiger partial charge on any atom is -0.466 e. The number of aromatic amines is 1. The molecule has 2 aromatic rings. The number of fused-ring (bicyclic) bond motifs is 1. The molecule has 1 atom stereocenters. The van der Waals surface area contributed by atoms with Crippen LogP contribution in [0.1, 0.15) is 19.8 Å². The number of carbonyl (C=O) groups excluding carboxylic acids is 1. The summed E-state index contributed by atoms with van der Waals surface area (Å²) in [5.41, 5.74) is 1.46. The van der Waals surface area contributed by atoms with Crippen LogP contribution in [0.15, 0.2) is 12.7 Å². The average molecular weight is 275 g/mol. The van der Waals surface area contributed by atoms with Gasteiger partial charge in [-0.15, -0.1) is 0 Å². The van der Waals surface area contributed by atoms with Crippen molar-refractivity contribution in [3.05, 3.63) is 12.7 Å². The molecule has 1 saturated heterocycles. The first-order valence-electron chi connectivity index (χ1n) is 6.85. The maximum absolute atomic E-state index is 11.9. The van der Waals surface area contributed by atoms with Gasteiger partial charge >= 0.3 is 5.97 Å². The van der Waals surface area contributed by atoms with Crippen molar-refractivity contribution in [1.29, 1.82) is 0 Å². The summed E-state index contributed by atoms with van der Waals surface area (Å²) >= 11 is 0. The third-order valence-corrected chi connectivity index (χ3v) is 3.54. The summed E-state index contributed by atoms with van der Waals surface area (Å²) < 4.78 is 5.12. The number of carbonyl (C=O) groups is 1. The first-order chi connectivity index (χ1) is 9.79. The third kappa shape index (κ3) is 2.31. The van der Waals surface area contributed by atoms with Gasteiger partial charge < -0.3 is 14.6 Å². The number of aromatic nitrogens is 4. The summed E-state index contributed by atoms with van der Waals surface area (Å²) in [7, 11) is 0. The Bertz CT molecular complexity index is 612. The summed E-state index contributed by atoms with van der Waals surface area (Å²) in [6.07, 6.45) is 4.93. The molecule has 106 valence electrons. The number of hydrogen-bond acceptors (Lipinski definition) is 6. The summed E-state index contributed by atoms with van der Waals surface area (Å²) in [5.74, 6) is 0.602. The topological polar surface area (TPSA) is 84.0 Å². The number of piperidine rings is 1. The van der Waals surface area contributed by atoms with Crippen molar-refractivity contribution in [2.45, 2.75) is 19.8 Å². The van der Waals surface area contributed by atoms with Crippen molar-refractivity contribution in [1.82, 2.24) is 19.9 Å². The Hall–Kier alpha value is -2.18. The van der Waals surface area contributed by atoms with Crippen LogP contribution in [0.25, 0.3) is 11.2 Å². The Kier molecular flexibility index (Phi) is 3.49. The van der Waals surface area contributed by atoms with Crippen molar-refractivity contribution in [3.63, 3.8) is 0 Å². The fraction of sp³-hybridized carbons (Fsp3) is 0.538. The molecule has 1 fully saturated rings. The second-order valence-corrected chi connectivity index (χ2v) is 4.84. The van der Waals surface area contributed by atoms with Gasteiger partial charge in [0.2, 0.25) is 0 Å². The molecule has 3 rings (SSSR count). The van der Waals surface area contributed by atoms with Gasteiger partial charge in [-0.1, -0.05) is 0 Å². The highest BCUT2D eigenvalue weighted by Crippen LogP contribution is 2.26. The van der Waals surface area contributed by atoms with Gasteiger partial charge in [0.15, 0.2) is 11.5 Å². The second-order valence-electron chi connectivity index (χ2n) is 4.84. The first-order valence-corrected chi connectivity index (χ1v) is 6.85. The van der Waals surface area contributed by atoms with Crippen LogP contribution in [-0.4, -0.2) is 45.6 Å². The van der Waals surface area contributed by atoms with Crippen molar-refractivity contribution < 1.29 is 9.53 Å². The molecule has 0 spiro atoms. The molecule has 0 aliphatic carbocycles. The number of rotatable bonds is 3. The molecule has 1 aliphatic heterocycles. The van der Waals surface area contributed by atoms with Gasteiger partial charge in [-0.05, 0) is 19.8 Å². The highest BCUT2D eigenvalue weighted by Gasteiger charge is 2.28. The van der Waals surface area contributed by atoms with Gasteiger partial charge in [-0.3, -0.25) is 4.79 Å². The Morgan fingerprint density at radius 1 is 1.50 bits per heavy atom. The van der Waals surface area contributed by atoms with E-state index in [0.29, 0.717) is 18.8 Å². The lowest BCUT2D eigenvalue weighted by Gasteiger charge is -2.32. The molecule has 0 radical (unpaired) electrons. The lowest BCUT2D eigenvalue weighted by Crippen LogP contribution is -2.40. The highest BCUT2D eigenvalue weighted by atomic mass is 16.5. The Morgan fingerprint density at radius 3 is 3.25 bits per heavy atom. The molecule has 0 aromatic carbocycles. The molecule has 1 aliphatic rings. The first kappa shape index (κ1) is 12.8. The van der Waals surface area contributed by atoms with E-state index in [1.54, 1.807) is 6.33 Å². The standard InChI is InChI=1S/C13H17N5O2/c1-2-20-13(19)9-4-3-5-18(6-9)12-10-11(15-7-14-10)16-8-17-12/h7-9H,2-6H2,1H3,(H,14,15,16,17). The van der Waals surface area contributed by atoms with Crippen LogP contribution in [0.3, 0.4) is 0 Å². The van der Waals surface area contributed by atoms with Crippen LogP contribution < -0.4 is 4.90 Å². The molecule has 0 bridgehead atoms. The van der Waals surface area contributed by atoms with E-state index in [-0.39, 0.29) is 11.9 Å². The molecule has 0 amide bonds. The predicted molar refractivity (Wildman–Crippen MR) is 73.3 cm³/mol. The zero-order chi connectivity index (χ0) is 13.9. The van der Waals surface area contributed by atoms with Crippen LogP contribution in [-0.2, 0) is 9.53 Å². The number of nitrogens with zero attached hydrogens (tertiary/aromatic N) is 4. The Labute approximate surface area is 116 Å². The summed E-state index contributed by atoms with van der Waals surface area (Å²) in [6, 6.07) is 0. The van der Waals surface area contributed by atoms with E-state index in [0.717, 1.165) is 30.7 Å². The van der Waals surface area contributed by atoms with Crippen LogP contribution in [0.5, 0.6) is 0 Å². The van der Waals surface area contributed by atoms with Gasteiger partial charge in [0.05, 0.1) is 18.9 Å². The van der Waals surface area contributed by atoms with E-state index in [4.69, 9.17) is 4.74 Å². The number of nitrogens with one attached hydrogen (secondary N) is 1. The number of esters is 1. The lowest BCUT2D eigenvalue weighted by atomic mass is 9.98. The monoisotopic (exact) mass is 275 g/mol. The number of ether oxygens (including phenoxy) is 1. The second kappa shape index (κ2) is 5.44. The number of anilines is 1. The van der Waals surface area contributed by atoms with Gasteiger partial charge in [0.1, 0.15) is 11.8 Å². The van der Waals surface area contributed by atoms with Crippen molar-refractivity contribution in [3.8, 4) is 0 Å². The Balaban J connectivity index is 1.83. The quantitative estimate of drug-likeness (QED) is 0.845. The third-order valence-electron chi connectivity index (χ3n) is 3.54.